The van der Waals surface area contributed by atoms with Crippen molar-refractivity contribution in [3.63, 3.8) is 0 Å². The minimum Gasteiger partial charge on any atom is -0.267 e. The van der Waals surface area contributed by atoms with Crippen LogP contribution in [0.4, 0.5) is 4.39 Å². The molecule has 1 aromatic heterocycles. The van der Waals surface area contributed by atoms with Crippen LogP contribution in [0.15, 0.2) is 22.8 Å². The van der Waals surface area contributed by atoms with Crippen molar-refractivity contribution < 1.29 is 4.39 Å². The van der Waals surface area contributed by atoms with Gasteiger partial charge in [0.15, 0.2) is 0 Å². The molecule has 1 aromatic carbocycles. The standard InChI is InChI=1S/C8H6BrFN2/c1-12-7-4-5(10)2-3-6(7)8(9)11-12/h2-4H,1H3. The average Bonchev–Trinajstić information content (AvgIpc) is 2.28. The first-order valence-corrected chi connectivity index (χ1v) is 4.25. The smallest absolute Gasteiger partial charge is 0.135 e. The average molecular weight is 229 g/mol. The molecule has 0 amide bonds. The first-order chi connectivity index (χ1) is 5.68. The molecule has 2 nitrogen and oxygen atoms in total. The monoisotopic (exact) mass is 228 g/mol. The third-order valence-electron chi connectivity index (χ3n) is 1.77. The third-order valence-corrected chi connectivity index (χ3v) is 2.35. The van der Waals surface area contributed by atoms with E-state index in [0.29, 0.717) is 0 Å². The maximum atomic E-state index is 12.8. The predicted molar refractivity (Wildman–Crippen MR) is 48.4 cm³/mol. The number of hydrogen-bond donors (Lipinski definition) is 0. The van der Waals surface area contributed by atoms with E-state index in [1.807, 2.05) is 0 Å². The highest BCUT2D eigenvalue weighted by Gasteiger charge is 2.05. The predicted octanol–water partition coefficient (Wildman–Crippen LogP) is 2.47. The molecule has 0 spiro atoms. The fourth-order valence-electron chi connectivity index (χ4n) is 1.19. The highest BCUT2D eigenvalue weighted by atomic mass is 79.9. The van der Waals surface area contributed by atoms with Crippen LogP contribution in [-0.2, 0) is 7.05 Å². The van der Waals surface area contributed by atoms with E-state index in [1.54, 1.807) is 17.8 Å². The molecule has 0 unspecified atom stereocenters. The van der Waals surface area contributed by atoms with Crippen LogP contribution in [0.1, 0.15) is 0 Å². The van der Waals surface area contributed by atoms with Gasteiger partial charge < -0.3 is 0 Å². The molecule has 0 saturated carbocycles. The molecule has 12 heavy (non-hydrogen) atoms. The highest BCUT2D eigenvalue weighted by Crippen LogP contribution is 2.22. The summed E-state index contributed by atoms with van der Waals surface area (Å²) in [6.45, 7) is 0. The SMILES string of the molecule is Cn1nc(Br)c2ccc(F)cc21. The molecule has 0 aliphatic heterocycles. The molecule has 4 heteroatoms. The lowest BCUT2D eigenvalue weighted by atomic mass is 10.2. The molecule has 2 aromatic rings. The minimum absolute atomic E-state index is 0.238. The Balaban J connectivity index is 2.90. The summed E-state index contributed by atoms with van der Waals surface area (Å²) in [6.07, 6.45) is 0. The Labute approximate surface area is 77.1 Å². The van der Waals surface area contributed by atoms with Gasteiger partial charge in [-0.1, -0.05) is 0 Å². The van der Waals surface area contributed by atoms with Crippen LogP contribution in [0.25, 0.3) is 10.9 Å². The second-order valence-electron chi connectivity index (χ2n) is 2.58. The van der Waals surface area contributed by atoms with Gasteiger partial charge in [-0.05, 0) is 34.1 Å². The van der Waals surface area contributed by atoms with Crippen molar-refractivity contribution in [2.24, 2.45) is 7.05 Å². The highest BCUT2D eigenvalue weighted by molar-refractivity contribution is 9.10. The van der Waals surface area contributed by atoms with Crippen molar-refractivity contribution in [2.45, 2.75) is 0 Å². The van der Waals surface area contributed by atoms with Gasteiger partial charge in [0.1, 0.15) is 10.4 Å². The fourth-order valence-corrected chi connectivity index (χ4v) is 1.76. The second kappa shape index (κ2) is 2.55. The van der Waals surface area contributed by atoms with Gasteiger partial charge in [0.2, 0.25) is 0 Å². The van der Waals surface area contributed by atoms with E-state index >= 15 is 0 Å². The molecule has 0 radical (unpaired) electrons. The molecule has 1 heterocycles. The van der Waals surface area contributed by atoms with E-state index < -0.39 is 0 Å². The van der Waals surface area contributed by atoms with E-state index in [4.69, 9.17) is 0 Å². The summed E-state index contributed by atoms with van der Waals surface area (Å²) in [6, 6.07) is 4.60. The zero-order valence-corrected chi connectivity index (χ0v) is 7.97. The molecule has 62 valence electrons. The number of aromatic nitrogens is 2. The van der Waals surface area contributed by atoms with Gasteiger partial charge in [0, 0.05) is 12.4 Å². The number of rotatable bonds is 0. The quantitative estimate of drug-likeness (QED) is 0.678. The summed E-state index contributed by atoms with van der Waals surface area (Å²) >= 11 is 3.29. The summed E-state index contributed by atoms with van der Waals surface area (Å²) in [5.74, 6) is -0.238. The van der Waals surface area contributed by atoms with Crippen LogP contribution < -0.4 is 0 Å². The van der Waals surface area contributed by atoms with Crippen LogP contribution in [0, 0.1) is 5.82 Å². The Morgan fingerprint density at radius 3 is 3.00 bits per heavy atom. The van der Waals surface area contributed by atoms with E-state index in [1.165, 1.54) is 12.1 Å². The zero-order chi connectivity index (χ0) is 8.72. The van der Waals surface area contributed by atoms with Crippen molar-refractivity contribution in [1.82, 2.24) is 9.78 Å². The van der Waals surface area contributed by atoms with Crippen LogP contribution in [0.3, 0.4) is 0 Å². The van der Waals surface area contributed by atoms with Crippen LogP contribution >= 0.6 is 15.9 Å². The lowest BCUT2D eigenvalue weighted by Gasteiger charge is -1.92. The van der Waals surface area contributed by atoms with Crippen molar-refractivity contribution in [2.75, 3.05) is 0 Å². The first-order valence-electron chi connectivity index (χ1n) is 3.46. The fraction of sp³-hybridized carbons (Fsp3) is 0.125. The van der Waals surface area contributed by atoms with E-state index in [0.717, 1.165) is 15.5 Å². The van der Waals surface area contributed by atoms with Gasteiger partial charge in [0.05, 0.1) is 5.52 Å². The molecule has 0 bridgehead atoms. The van der Waals surface area contributed by atoms with E-state index in [-0.39, 0.29) is 5.82 Å². The van der Waals surface area contributed by atoms with Gasteiger partial charge in [-0.2, -0.15) is 5.10 Å². The summed E-state index contributed by atoms with van der Waals surface area (Å²) in [5, 5.41) is 5.03. The lowest BCUT2D eigenvalue weighted by Crippen LogP contribution is -1.88. The largest absolute Gasteiger partial charge is 0.267 e. The normalized spacial score (nSPS) is 10.9. The number of benzene rings is 1. The molecule has 0 aliphatic carbocycles. The number of halogens is 2. The van der Waals surface area contributed by atoms with Crippen molar-refractivity contribution in [3.05, 3.63) is 28.6 Å². The Morgan fingerprint density at radius 2 is 2.25 bits per heavy atom. The van der Waals surface area contributed by atoms with Gasteiger partial charge in [0.25, 0.3) is 0 Å². The molecular formula is C8H6BrFN2. The van der Waals surface area contributed by atoms with Gasteiger partial charge >= 0.3 is 0 Å². The molecule has 0 fully saturated rings. The van der Waals surface area contributed by atoms with Crippen LogP contribution in [0.5, 0.6) is 0 Å². The minimum atomic E-state index is -0.238. The lowest BCUT2D eigenvalue weighted by molar-refractivity contribution is 0.628. The number of nitrogens with zero attached hydrogens (tertiary/aromatic N) is 2. The molecule has 0 N–H and O–H groups in total. The maximum absolute atomic E-state index is 12.8. The van der Waals surface area contributed by atoms with E-state index in [9.17, 15) is 4.39 Å². The van der Waals surface area contributed by atoms with Crippen molar-refractivity contribution in [3.8, 4) is 0 Å². The number of hydrogen-bond acceptors (Lipinski definition) is 1. The molecule has 2 rings (SSSR count). The molecular weight excluding hydrogens is 223 g/mol. The maximum Gasteiger partial charge on any atom is 0.135 e. The molecule has 0 atom stereocenters. The van der Waals surface area contributed by atoms with E-state index in [2.05, 4.69) is 21.0 Å². The Morgan fingerprint density at radius 1 is 1.50 bits per heavy atom. The number of fused-ring (bicyclic) bond motifs is 1. The summed E-state index contributed by atoms with van der Waals surface area (Å²) in [7, 11) is 1.78. The summed E-state index contributed by atoms with van der Waals surface area (Å²) < 4.78 is 15.2. The topological polar surface area (TPSA) is 17.8 Å². The van der Waals surface area contributed by atoms with Crippen LogP contribution in [-0.4, -0.2) is 9.78 Å². The Kier molecular flexibility index (Phi) is 1.65. The number of aryl methyl sites for hydroxylation is 1. The summed E-state index contributed by atoms with van der Waals surface area (Å²) in [5.41, 5.74) is 0.793. The molecule has 0 saturated heterocycles. The van der Waals surface area contributed by atoms with Crippen molar-refractivity contribution >= 4 is 26.8 Å². The third kappa shape index (κ3) is 1.03. The van der Waals surface area contributed by atoms with Gasteiger partial charge in [-0.15, -0.1) is 0 Å². The Bertz CT molecular complexity index is 436. The summed E-state index contributed by atoms with van der Waals surface area (Å²) in [4.78, 5) is 0. The van der Waals surface area contributed by atoms with Crippen molar-refractivity contribution in [1.29, 1.82) is 0 Å². The zero-order valence-electron chi connectivity index (χ0n) is 6.38. The first kappa shape index (κ1) is 7.73. The van der Waals surface area contributed by atoms with Crippen LogP contribution in [0.2, 0.25) is 0 Å². The van der Waals surface area contributed by atoms with Gasteiger partial charge in [-0.25, -0.2) is 4.39 Å². The molecule has 0 aliphatic rings. The Hall–Kier alpha value is -0.900. The second-order valence-corrected chi connectivity index (χ2v) is 3.33. The van der Waals surface area contributed by atoms with Gasteiger partial charge in [-0.3, -0.25) is 4.68 Å².